The number of guanidine groups is 1. The van der Waals surface area contributed by atoms with Gasteiger partial charge in [0.1, 0.15) is 5.83 Å². The highest BCUT2D eigenvalue weighted by Gasteiger charge is 2.22. The highest BCUT2D eigenvalue weighted by molar-refractivity contribution is 9.11. The summed E-state index contributed by atoms with van der Waals surface area (Å²) in [5.41, 5.74) is 0.264. The summed E-state index contributed by atoms with van der Waals surface area (Å²) in [6.45, 7) is 3.18. The van der Waals surface area contributed by atoms with Gasteiger partial charge in [0.25, 0.3) is 0 Å². The Labute approximate surface area is 179 Å². The molecule has 1 unspecified atom stereocenters. The van der Waals surface area contributed by atoms with Crippen molar-refractivity contribution in [1.29, 1.82) is 5.41 Å². The first kappa shape index (κ1) is 21.6. The van der Waals surface area contributed by atoms with E-state index >= 15 is 0 Å². The van der Waals surface area contributed by atoms with Crippen LogP contribution in [0.25, 0.3) is 0 Å². The number of hydrogen-bond acceptors (Lipinski definition) is 8. The van der Waals surface area contributed by atoms with Crippen LogP contribution < -0.4 is 10.6 Å². The number of morpholine rings is 1. The van der Waals surface area contributed by atoms with E-state index in [1.807, 2.05) is 4.90 Å². The first-order chi connectivity index (χ1) is 14.1. The number of thioether (sulfide) groups is 1. The summed E-state index contributed by atoms with van der Waals surface area (Å²) in [7, 11) is 0. The van der Waals surface area contributed by atoms with Crippen LogP contribution in [-0.2, 0) is 4.74 Å². The summed E-state index contributed by atoms with van der Waals surface area (Å²) in [6.07, 6.45) is 3.46. The van der Waals surface area contributed by atoms with Crippen molar-refractivity contribution in [2.75, 3.05) is 38.6 Å². The molecule has 0 radical (unpaired) electrons. The third-order valence-electron chi connectivity index (χ3n) is 4.19. The van der Waals surface area contributed by atoms with Gasteiger partial charge in [-0.05, 0) is 44.8 Å². The maximum Gasteiger partial charge on any atom is 0.198 e. The summed E-state index contributed by atoms with van der Waals surface area (Å²) in [5, 5.41) is 34.8. The fourth-order valence-electron chi connectivity index (χ4n) is 2.71. The van der Waals surface area contributed by atoms with Gasteiger partial charge in [-0.1, -0.05) is 16.9 Å². The lowest BCUT2D eigenvalue weighted by Gasteiger charge is -2.29. The molecule has 2 aliphatic rings. The lowest BCUT2D eigenvalue weighted by molar-refractivity contribution is 0.0662. The molecule has 1 fully saturated rings. The Kier molecular flexibility index (Phi) is 7.89. The van der Waals surface area contributed by atoms with Gasteiger partial charge >= 0.3 is 0 Å². The molecule has 10 nitrogen and oxygen atoms in total. The minimum absolute atomic E-state index is 0.0834. The van der Waals surface area contributed by atoms with Crippen LogP contribution in [-0.4, -0.2) is 76.9 Å². The Hall–Kier alpha value is -2.12. The molecule has 158 valence electrons. The Morgan fingerprint density at radius 1 is 1.45 bits per heavy atom. The normalized spacial score (nSPS) is 20.1. The fourth-order valence-corrected chi connectivity index (χ4v) is 3.94. The molecule has 0 bridgehead atoms. The second-order valence-electron chi connectivity index (χ2n) is 6.14. The van der Waals surface area contributed by atoms with Crippen molar-refractivity contribution in [2.24, 2.45) is 5.16 Å². The van der Waals surface area contributed by atoms with Crippen LogP contribution in [0, 0.1) is 5.41 Å². The zero-order valence-electron chi connectivity index (χ0n) is 15.4. The first-order valence-electron chi connectivity index (χ1n) is 8.91. The SMILES string of the molecule is N=C(NCCSc1nonc1/C(=N/O)NC1C=C(Br)C(F)=CC1)N1CCOCC1. The standard InChI is InChI=1S/C16H21BrFN7O3S/c17-11-9-10(1-2-12(11)18)21-14(22-26)13-15(24-28-23-13)29-8-3-20-16(19)25-4-6-27-7-5-25/h2,9-10,26H,1,3-8H2,(H2,19,20)(H,21,22). The van der Waals surface area contributed by atoms with Crippen LogP contribution in [0.2, 0.25) is 0 Å². The number of halogens is 2. The molecule has 4 N–H and O–H groups in total. The minimum Gasteiger partial charge on any atom is -0.409 e. The number of rotatable bonds is 6. The predicted molar refractivity (Wildman–Crippen MR) is 109 cm³/mol. The number of aromatic nitrogens is 2. The van der Waals surface area contributed by atoms with Crippen molar-refractivity contribution in [3.8, 4) is 0 Å². The summed E-state index contributed by atoms with van der Waals surface area (Å²) in [6, 6.07) is -0.278. The van der Waals surface area contributed by atoms with E-state index in [1.54, 1.807) is 6.08 Å². The third-order valence-corrected chi connectivity index (χ3v) is 5.78. The van der Waals surface area contributed by atoms with E-state index < -0.39 is 0 Å². The van der Waals surface area contributed by atoms with Crippen molar-refractivity contribution in [2.45, 2.75) is 17.5 Å². The Bertz CT molecular complexity index is 810. The van der Waals surface area contributed by atoms with Gasteiger partial charge in [0.15, 0.2) is 22.5 Å². The molecule has 1 saturated heterocycles. The zero-order chi connectivity index (χ0) is 20.6. The average Bonchev–Trinajstić information content (AvgIpc) is 3.20. The number of allylic oxidation sites excluding steroid dienone is 2. The molecule has 3 rings (SSSR count). The van der Waals surface area contributed by atoms with Gasteiger partial charge in [-0.25, -0.2) is 9.02 Å². The number of ether oxygens (including phenoxy) is 1. The molecule has 13 heteroatoms. The van der Waals surface area contributed by atoms with Crippen LogP contribution in [0.4, 0.5) is 4.39 Å². The molecule has 1 aromatic heterocycles. The molecular weight excluding hydrogens is 469 g/mol. The van der Waals surface area contributed by atoms with Gasteiger partial charge in [0.05, 0.1) is 23.7 Å². The van der Waals surface area contributed by atoms with E-state index in [0.29, 0.717) is 60.5 Å². The van der Waals surface area contributed by atoms with Crippen LogP contribution >= 0.6 is 27.7 Å². The van der Waals surface area contributed by atoms with Crippen molar-refractivity contribution in [3.63, 3.8) is 0 Å². The zero-order valence-corrected chi connectivity index (χ0v) is 17.8. The van der Waals surface area contributed by atoms with E-state index in [4.69, 9.17) is 14.8 Å². The van der Waals surface area contributed by atoms with E-state index in [2.05, 4.69) is 42.0 Å². The number of amidine groups is 1. The Morgan fingerprint density at radius 2 is 2.24 bits per heavy atom. The van der Waals surface area contributed by atoms with Gasteiger partial charge < -0.3 is 25.5 Å². The van der Waals surface area contributed by atoms with E-state index in [9.17, 15) is 9.60 Å². The molecule has 0 aromatic carbocycles. The summed E-state index contributed by atoms with van der Waals surface area (Å²) < 4.78 is 23.8. The molecule has 1 aliphatic carbocycles. The number of nitrogens with zero attached hydrogens (tertiary/aromatic N) is 4. The second kappa shape index (κ2) is 10.6. The fraction of sp³-hybridized carbons (Fsp3) is 0.500. The molecule has 0 spiro atoms. The maximum atomic E-state index is 13.4. The lowest BCUT2D eigenvalue weighted by atomic mass is 10.1. The van der Waals surface area contributed by atoms with Gasteiger partial charge in [0.2, 0.25) is 0 Å². The Morgan fingerprint density at radius 3 is 2.97 bits per heavy atom. The minimum atomic E-state index is -0.333. The van der Waals surface area contributed by atoms with Gasteiger partial charge in [0, 0.05) is 25.4 Å². The summed E-state index contributed by atoms with van der Waals surface area (Å²) in [4.78, 5) is 1.92. The van der Waals surface area contributed by atoms with Gasteiger partial charge in [-0.15, -0.1) is 0 Å². The molecule has 2 heterocycles. The molecule has 29 heavy (non-hydrogen) atoms. The quantitative estimate of drug-likeness (QED) is 0.117. The summed E-state index contributed by atoms with van der Waals surface area (Å²) >= 11 is 4.49. The van der Waals surface area contributed by atoms with Crippen LogP contribution in [0.15, 0.2) is 37.3 Å². The van der Waals surface area contributed by atoms with E-state index in [0.717, 1.165) is 0 Å². The molecule has 1 aliphatic heterocycles. The van der Waals surface area contributed by atoms with Crippen molar-refractivity contribution >= 4 is 39.5 Å². The van der Waals surface area contributed by atoms with Crippen LogP contribution in [0.1, 0.15) is 12.1 Å². The highest BCUT2D eigenvalue weighted by Crippen LogP contribution is 2.25. The molecule has 0 saturated carbocycles. The second-order valence-corrected chi connectivity index (χ2v) is 8.08. The third kappa shape index (κ3) is 5.93. The predicted octanol–water partition coefficient (Wildman–Crippen LogP) is 1.65. The van der Waals surface area contributed by atoms with Crippen LogP contribution in [0.3, 0.4) is 0 Å². The van der Waals surface area contributed by atoms with Crippen molar-refractivity contribution in [1.82, 2.24) is 25.8 Å². The lowest BCUT2D eigenvalue weighted by Crippen LogP contribution is -2.47. The molecular formula is C16H21BrFN7O3S. The Balaban J connectivity index is 1.49. The molecule has 0 amide bonds. The monoisotopic (exact) mass is 489 g/mol. The molecule has 1 atom stereocenters. The van der Waals surface area contributed by atoms with E-state index in [-0.39, 0.29) is 23.4 Å². The van der Waals surface area contributed by atoms with Gasteiger partial charge in [-0.2, -0.15) is 0 Å². The largest absolute Gasteiger partial charge is 0.409 e. The van der Waals surface area contributed by atoms with Crippen LogP contribution in [0.5, 0.6) is 0 Å². The van der Waals surface area contributed by atoms with Gasteiger partial charge in [-0.3, -0.25) is 5.41 Å². The van der Waals surface area contributed by atoms with Crippen molar-refractivity contribution in [3.05, 3.63) is 28.2 Å². The average molecular weight is 490 g/mol. The summed E-state index contributed by atoms with van der Waals surface area (Å²) in [5.74, 6) is 0.705. The number of oxime groups is 1. The number of nitrogens with one attached hydrogen (secondary N) is 3. The topological polar surface area (TPSA) is 132 Å². The highest BCUT2D eigenvalue weighted by atomic mass is 79.9. The smallest absolute Gasteiger partial charge is 0.198 e. The maximum absolute atomic E-state index is 13.4. The van der Waals surface area contributed by atoms with E-state index in [1.165, 1.54) is 17.8 Å². The first-order valence-corrected chi connectivity index (χ1v) is 10.7. The van der Waals surface area contributed by atoms with Crippen molar-refractivity contribution < 1.29 is 19.0 Å². The molecule has 1 aromatic rings. The number of hydrogen-bond donors (Lipinski definition) is 4.